The van der Waals surface area contributed by atoms with Crippen LogP contribution in [0.3, 0.4) is 0 Å². The highest BCUT2D eigenvalue weighted by molar-refractivity contribution is 6.31. The zero-order valence-electron chi connectivity index (χ0n) is 11.6. The quantitative estimate of drug-likeness (QED) is 0.931. The van der Waals surface area contributed by atoms with Crippen molar-refractivity contribution in [2.75, 3.05) is 6.54 Å². The molecule has 1 fully saturated rings. The third-order valence-electron chi connectivity index (χ3n) is 3.75. The van der Waals surface area contributed by atoms with E-state index in [4.69, 9.17) is 17.3 Å². The first kappa shape index (κ1) is 15.3. The molecule has 1 amide bonds. The summed E-state index contributed by atoms with van der Waals surface area (Å²) in [5, 5.41) is 0.334. The number of nitrogens with zero attached hydrogens (tertiary/aromatic N) is 1. The van der Waals surface area contributed by atoms with Crippen molar-refractivity contribution >= 4 is 17.5 Å². The molecule has 110 valence electrons. The smallest absolute Gasteiger partial charge is 0.223 e. The summed E-state index contributed by atoms with van der Waals surface area (Å²) >= 11 is 6.16. The monoisotopic (exact) mass is 298 g/mol. The third-order valence-corrected chi connectivity index (χ3v) is 4.08. The van der Waals surface area contributed by atoms with Crippen molar-refractivity contribution < 1.29 is 9.18 Å². The maximum absolute atomic E-state index is 14.2. The summed E-state index contributed by atoms with van der Waals surface area (Å²) in [6, 6.07) is 3.82. The minimum absolute atomic E-state index is 0.0316. The van der Waals surface area contributed by atoms with E-state index in [-0.39, 0.29) is 11.9 Å². The highest BCUT2D eigenvalue weighted by Gasteiger charge is 2.35. The summed E-state index contributed by atoms with van der Waals surface area (Å²) < 4.78 is 14.2. The Labute approximate surface area is 123 Å². The molecule has 1 heterocycles. The summed E-state index contributed by atoms with van der Waals surface area (Å²) in [5.74, 6) is -0.363. The molecule has 1 aromatic rings. The fourth-order valence-electron chi connectivity index (χ4n) is 2.84. The van der Waals surface area contributed by atoms with Crippen molar-refractivity contribution in [1.29, 1.82) is 0 Å². The normalized spacial score (nSPS) is 23.8. The summed E-state index contributed by atoms with van der Waals surface area (Å²) in [6.45, 7) is 2.56. The van der Waals surface area contributed by atoms with Crippen LogP contribution in [0, 0.1) is 5.82 Å². The van der Waals surface area contributed by atoms with E-state index in [2.05, 4.69) is 0 Å². The van der Waals surface area contributed by atoms with E-state index < -0.39 is 11.9 Å². The van der Waals surface area contributed by atoms with Crippen LogP contribution in [0.25, 0.3) is 0 Å². The van der Waals surface area contributed by atoms with Gasteiger partial charge in [-0.05, 0) is 31.4 Å². The van der Waals surface area contributed by atoms with Gasteiger partial charge in [0.1, 0.15) is 5.82 Å². The van der Waals surface area contributed by atoms with Gasteiger partial charge < -0.3 is 10.6 Å². The second-order valence-electron chi connectivity index (χ2n) is 5.22. The maximum atomic E-state index is 14.2. The van der Waals surface area contributed by atoms with Crippen molar-refractivity contribution in [2.24, 2.45) is 5.73 Å². The lowest BCUT2D eigenvalue weighted by atomic mass is 9.95. The van der Waals surface area contributed by atoms with Crippen LogP contribution in [0.2, 0.25) is 5.02 Å². The second-order valence-corrected chi connectivity index (χ2v) is 5.63. The summed E-state index contributed by atoms with van der Waals surface area (Å²) in [6.07, 6.45) is 2.71. The van der Waals surface area contributed by atoms with Crippen LogP contribution in [0.4, 0.5) is 4.39 Å². The SMILES string of the molecule is CCCN1C(=O)CCCC(N)C1c1c(F)cccc1Cl. The van der Waals surface area contributed by atoms with Gasteiger partial charge in [0.05, 0.1) is 6.04 Å². The van der Waals surface area contributed by atoms with Crippen molar-refractivity contribution in [1.82, 2.24) is 4.90 Å². The van der Waals surface area contributed by atoms with Gasteiger partial charge in [-0.3, -0.25) is 4.79 Å². The van der Waals surface area contributed by atoms with E-state index in [9.17, 15) is 9.18 Å². The minimum Gasteiger partial charge on any atom is -0.334 e. The summed E-state index contributed by atoms with van der Waals surface area (Å²) in [4.78, 5) is 14.0. The van der Waals surface area contributed by atoms with Crippen LogP contribution >= 0.6 is 11.6 Å². The average Bonchev–Trinajstić information content (AvgIpc) is 2.52. The van der Waals surface area contributed by atoms with E-state index >= 15 is 0 Å². The molecule has 2 N–H and O–H groups in total. The van der Waals surface area contributed by atoms with Gasteiger partial charge in [-0.2, -0.15) is 0 Å². The Bertz CT molecular complexity index is 475. The van der Waals surface area contributed by atoms with Gasteiger partial charge in [0.15, 0.2) is 0 Å². The molecule has 1 aliphatic heterocycles. The predicted octanol–water partition coefficient (Wildman–Crippen LogP) is 3.27. The maximum Gasteiger partial charge on any atom is 0.223 e. The predicted molar refractivity (Wildman–Crippen MR) is 78.0 cm³/mol. The molecule has 3 nitrogen and oxygen atoms in total. The van der Waals surface area contributed by atoms with Crippen LogP contribution in [0.1, 0.15) is 44.2 Å². The molecule has 0 spiro atoms. The largest absolute Gasteiger partial charge is 0.334 e. The average molecular weight is 299 g/mol. The molecule has 2 rings (SSSR count). The Morgan fingerprint density at radius 1 is 1.50 bits per heavy atom. The Morgan fingerprint density at radius 3 is 2.90 bits per heavy atom. The van der Waals surface area contributed by atoms with Crippen LogP contribution in [-0.4, -0.2) is 23.4 Å². The molecule has 2 atom stereocenters. The molecule has 0 bridgehead atoms. The Balaban J connectivity index is 2.49. The van der Waals surface area contributed by atoms with E-state index in [1.54, 1.807) is 17.0 Å². The van der Waals surface area contributed by atoms with E-state index in [1.165, 1.54) is 6.07 Å². The number of rotatable bonds is 3. The number of carbonyl (C=O) groups is 1. The van der Waals surface area contributed by atoms with E-state index in [1.807, 2.05) is 6.92 Å². The van der Waals surface area contributed by atoms with Gasteiger partial charge in [-0.25, -0.2) is 4.39 Å². The molecule has 0 aromatic heterocycles. The highest BCUT2D eigenvalue weighted by Crippen LogP contribution is 2.35. The zero-order chi connectivity index (χ0) is 14.7. The van der Waals surface area contributed by atoms with Crippen LogP contribution < -0.4 is 5.73 Å². The number of hydrogen-bond donors (Lipinski definition) is 1. The van der Waals surface area contributed by atoms with Crippen LogP contribution in [-0.2, 0) is 4.79 Å². The lowest BCUT2D eigenvalue weighted by Crippen LogP contribution is -2.43. The lowest BCUT2D eigenvalue weighted by Gasteiger charge is -2.34. The molecule has 0 saturated carbocycles. The molecule has 0 aliphatic carbocycles. The number of nitrogens with two attached hydrogens (primary N) is 1. The van der Waals surface area contributed by atoms with Crippen LogP contribution in [0.5, 0.6) is 0 Å². The molecule has 20 heavy (non-hydrogen) atoms. The van der Waals surface area contributed by atoms with Gasteiger partial charge in [0.2, 0.25) is 5.91 Å². The number of halogens is 2. The first-order valence-electron chi connectivity index (χ1n) is 7.05. The standard InChI is InChI=1S/C15H20ClFN2O/c1-2-9-19-13(20)8-4-7-12(18)15(19)14-10(16)5-3-6-11(14)17/h3,5-6,12,15H,2,4,7-9,18H2,1H3. The van der Waals surface area contributed by atoms with Crippen LogP contribution in [0.15, 0.2) is 18.2 Å². The number of hydrogen-bond acceptors (Lipinski definition) is 2. The molecule has 2 unspecified atom stereocenters. The fourth-order valence-corrected chi connectivity index (χ4v) is 3.12. The van der Waals surface area contributed by atoms with E-state index in [0.717, 1.165) is 12.8 Å². The zero-order valence-corrected chi connectivity index (χ0v) is 12.4. The number of amides is 1. The van der Waals surface area contributed by atoms with Crippen molar-refractivity contribution in [2.45, 2.75) is 44.7 Å². The third kappa shape index (κ3) is 2.96. The second kappa shape index (κ2) is 6.55. The van der Waals surface area contributed by atoms with Gasteiger partial charge >= 0.3 is 0 Å². The van der Waals surface area contributed by atoms with Gasteiger partial charge in [-0.1, -0.05) is 24.6 Å². The molecule has 1 saturated heterocycles. The highest BCUT2D eigenvalue weighted by atomic mass is 35.5. The molecule has 1 aromatic carbocycles. The summed E-state index contributed by atoms with van der Waals surface area (Å²) in [7, 11) is 0. The lowest BCUT2D eigenvalue weighted by molar-refractivity contribution is -0.133. The Kier molecular flexibility index (Phi) is 5.00. The van der Waals surface area contributed by atoms with E-state index in [0.29, 0.717) is 30.0 Å². The Morgan fingerprint density at radius 2 is 2.25 bits per heavy atom. The number of benzene rings is 1. The molecule has 5 heteroatoms. The topological polar surface area (TPSA) is 46.3 Å². The van der Waals surface area contributed by atoms with Crippen molar-refractivity contribution in [3.8, 4) is 0 Å². The van der Waals surface area contributed by atoms with Crippen molar-refractivity contribution in [3.63, 3.8) is 0 Å². The van der Waals surface area contributed by atoms with Gasteiger partial charge in [0.25, 0.3) is 0 Å². The fraction of sp³-hybridized carbons (Fsp3) is 0.533. The Hall–Kier alpha value is -1.13. The number of likely N-dealkylation sites (tertiary alicyclic amines) is 1. The molecule has 0 radical (unpaired) electrons. The molecule has 1 aliphatic rings. The summed E-state index contributed by atoms with van der Waals surface area (Å²) in [5.41, 5.74) is 6.56. The first-order chi connectivity index (χ1) is 9.56. The molecular formula is C15H20ClFN2O. The molecular weight excluding hydrogens is 279 g/mol. The first-order valence-corrected chi connectivity index (χ1v) is 7.43. The number of carbonyl (C=O) groups excluding carboxylic acids is 1. The minimum atomic E-state index is -0.473. The van der Waals surface area contributed by atoms with Gasteiger partial charge in [0, 0.05) is 29.6 Å². The van der Waals surface area contributed by atoms with Gasteiger partial charge in [-0.15, -0.1) is 0 Å². The van der Waals surface area contributed by atoms with Crippen molar-refractivity contribution in [3.05, 3.63) is 34.6 Å².